The van der Waals surface area contributed by atoms with Gasteiger partial charge in [-0.2, -0.15) is 13.2 Å². The largest absolute Gasteiger partial charge is 0.465 e. The van der Waals surface area contributed by atoms with Gasteiger partial charge >= 0.3 is 24.1 Å². The van der Waals surface area contributed by atoms with E-state index in [4.69, 9.17) is 14.2 Å². The van der Waals surface area contributed by atoms with Crippen LogP contribution >= 0.6 is 0 Å². The highest BCUT2D eigenvalue weighted by atomic mass is 19.4. The summed E-state index contributed by atoms with van der Waals surface area (Å²) < 4.78 is 55.4. The Kier molecular flexibility index (Phi) is 11.2. The molecule has 0 radical (unpaired) electrons. The van der Waals surface area contributed by atoms with Crippen molar-refractivity contribution in [1.82, 2.24) is 0 Å². The molecule has 0 aromatic heterocycles. The first kappa shape index (κ1) is 34.2. The summed E-state index contributed by atoms with van der Waals surface area (Å²) in [6.45, 7) is 2.79. The maximum absolute atomic E-state index is 13.4. The predicted octanol–water partition coefficient (Wildman–Crippen LogP) is 7.01. The number of nitrogens with one attached hydrogen (secondary N) is 1. The van der Waals surface area contributed by atoms with Gasteiger partial charge < -0.3 is 19.5 Å². The lowest BCUT2D eigenvalue weighted by Crippen LogP contribution is -2.51. The van der Waals surface area contributed by atoms with Crippen molar-refractivity contribution in [1.29, 1.82) is 0 Å². The Bertz CT molecular complexity index is 1530. The van der Waals surface area contributed by atoms with E-state index in [0.29, 0.717) is 35.2 Å². The fraction of sp³-hybridized carbons (Fsp3) is 0.371. The van der Waals surface area contributed by atoms with Crippen LogP contribution in [0.2, 0.25) is 0 Å². The molecule has 1 saturated carbocycles. The van der Waals surface area contributed by atoms with Gasteiger partial charge in [-0.3, -0.25) is 19.2 Å². The number of hydrogen-bond donors (Lipinski definition) is 1. The van der Waals surface area contributed by atoms with E-state index in [1.165, 1.54) is 12.1 Å². The second kappa shape index (κ2) is 15.1. The number of benzene rings is 3. The average molecular weight is 640 g/mol. The summed E-state index contributed by atoms with van der Waals surface area (Å²) in [5.41, 5.74) is -0.810. The number of esters is 3. The third-order valence-corrected chi connectivity index (χ3v) is 8.09. The molecule has 8 nitrogen and oxygen atoms in total. The molecule has 3 aromatic rings. The molecule has 1 N–H and O–H groups in total. The van der Waals surface area contributed by atoms with Crippen LogP contribution in [0.25, 0.3) is 11.1 Å². The highest BCUT2D eigenvalue weighted by Crippen LogP contribution is 2.43. The highest BCUT2D eigenvalue weighted by molar-refractivity contribution is 6.09. The fourth-order valence-corrected chi connectivity index (χ4v) is 5.75. The summed E-state index contributed by atoms with van der Waals surface area (Å²) in [6, 6.07) is 17.6. The van der Waals surface area contributed by atoms with Gasteiger partial charge in [-0.1, -0.05) is 61.4 Å². The van der Waals surface area contributed by atoms with E-state index in [1.54, 1.807) is 62.4 Å². The van der Waals surface area contributed by atoms with Crippen molar-refractivity contribution in [3.63, 3.8) is 0 Å². The van der Waals surface area contributed by atoms with Crippen molar-refractivity contribution in [2.24, 2.45) is 11.3 Å². The van der Waals surface area contributed by atoms with E-state index >= 15 is 0 Å². The van der Waals surface area contributed by atoms with E-state index in [1.807, 2.05) is 0 Å². The van der Waals surface area contributed by atoms with Gasteiger partial charge in [0.05, 0.1) is 25.2 Å². The fourth-order valence-electron chi connectivity index (χ4n) is 5.75. The maximum Gasteiger partial charge on any atom is 0.416 e. The van der Waals surface area contributed by atoms with Crippen molar-refractivity contribution in [2.45, 2.75) is 52.1 Å². The van der Waals surface area contributed by atoms with Gasteiger partial charge in [-0.05, 0) is 73.6 Å². The van der Waals surface area contributed by atoms with Crippen molar-refractivity contribution in [3.05, 3.63) is 89.5 Å². The molecule has 4 rings (SSSR count). The molecular formula is C35H36F3NO7. The smallest absolute Gasteiger partial charge is 0.416 e. The minimum Gasteiger partial charge on any atom is -0.465 e. The summed E-state index contributed by atoms with van der Waals surface area (Å²) >= 11 is 0. The Morgan fingerprint density at radius 1 is 0.783 bits per heavy atom. The first-order valence-electron chi connectivity index (χ1n) is 15.2. The molecule has 46 heavy (non-hydrogen) atoms. The lowest BCUT2D eigenvalue weighted by molar-refractivity contribution is -0.184. The zero-order valence-corrected chi connectivity index (χ0v) is 25.7. The van der Waals surface area contributed by atoms with Crippen LogP contribution in [-0.2, 0) is 41.2 Å². The number of para-hydroxylation sites is 1. The van der Waals surface area contributed by atoms with Crippen LogP contribution in [0.5, 0.6) is 0 Å². The van der Waals surface area contributed by atoms with E-state index < -0.39 is 53.5 Å². The number of carbonyl (C=O) groups is 4. The summed E-state index contributed by atoms with van der Waals surface area (Å²) in [4.78, 5) is 53.1. The second-order valence-corrected chi connectivity index (χ2v) is 11.0. The maximum atomic E-state index is 13.4. The van der Waals surface area contributed by atoms with Gasteiger partial charge in [0.25, 0.3) is 5.91 Å². The predicted molar refractivity (Wildman–Crippen MR) is 164 cm³/mol. The topological polar surface area (TPSA) is 108 Å². The summed E-state index contributed by atoms with van der Waals surface area (Å²) in [5.74, 6) is -3.25. The lowest BCUT2D eigenvalue weighted by Gasteiger charge is -2.33. The molecule has 0 atom stereocenters. The number of carbonyl (C=O) groups excluding carboxylic acids is 4. The number of anilines is 1. The van der Waals surface area contributed by atoms with Crippen molar-refractivity contribution in [2.75, 3.05) is 25.1 Å². The molecule has 0 unspecified atom stereocenters. The molecule has 1 aliphatic carbocycles. The monoisotopic (exact) mass is 639 g/mol. The molecule has 0 saturated heterocycles. The Hall–Kier alpha value is -4.67. The summed E-state index contributed by atoms with van der Waals surface area (Å²) in [5, 5.41) is 2.79. The van der Waals surface area contributed by atoms with Crippen LogP contribution in [0, 0.1) is 11.3 Å². The zero-order valence-electron chi connectivity index (χ0n) is 25.7. The zero-order chi connectivity index (χ0) is 33.3. The SMILES string of the molecule is CCOC(=O)C(COC(=O)Cc1ccccc1NC(=O)c1ccccc1-c1ccc(C(F)(F)F)cc1)(C(=O)OCC)C1CCCC1. The van der Waals surface area contributed by atoms with Crippen LogP contribution in [-0.4, -0.2) is 43.6 Å². The minimum atomic E-state index is -4.49. The Morgan fingerprint density at radius 2 is 1.37 bits per heavy atom. The van der Waals surface area contributed by atoms with Gasteiger partial charge in [0, 0.05) is 11.3 Å². The highest BCUT2D eigenvalue weighted by Gasteiger charge is 2.56. The first-order valence-corrected chi connectivity index (χ1v) is 15.2. The normalized spacial score (nSPS) is 13.6. The van der Waals surface area contributed by atoms with Gasteiger partial charge in [0.1, 0.15) is 6.61 Å². The number of ether oxygens (including phenoxy) is 3. The van der Waals surface area contributed by atoms with Crippen molar-refractivity contribution >= 4 is 29.5 Å². The minimum absolute atomic E-state index is 0.0374. The third-order valence-electron chi connectivity index (χ3n) is 8.09. The van der Waals surface area contributed by atoms with Gasteiger partial charge in [-0.25, -0.2) is 0 Å². The number of alkyl halides is 3. The van der Waals surface area contributed by atoms with Crippen LogP contribution in [0.4, 0.5) is 18.9 Å². The van der Waals surface area contributed by atoms with Crippen molar-refractivity contribution < 1.29 is 46.6 Å². The molecule has 0 spiro atoms. The Balaban J connectivity index is 1.52. The number of amides is 1. The number of rotatable bonds is 12. The van der Waals surface area contributed by atoms with Crippen LogP contribution in [0.15, 0.2) is 72.8 Å². The van der Waals surface area contributed by atoms with Crippen LogP contribution in [0.1, 0.15) is 61.0 Å². The van der Waals surface area contributed by atoms with E-state index in [-0.39, 0.29) is 25.2 Å². The van der Waals surface area contributed by atoms with Gasteiger partial charge in [0.15, 0.2) is 0 Å². The molecule has 1 amide bonds. The average Bonchev–Trinajstić information content (AvgIpc) is 3.58. The van der Waals surface area contributed by atoms with Crippen molar-refractivity contribution in [3.8, 4) is 11.1 Å². The van der Waals surface area contributed by atoms with E-state index in [0.717, 1.165) is 25.0 Å². The first-order chi connectivity index (χ1) is 22.0. The van der Waals surface area contributed by atoms with E-state index in [2.05, 4.69) is 5.32 Å². The third kappa shape index (κ3) is 7.75. The quantitative estimate of drug-likeness (QED) is 0.129. The van der Waals surface area contributed by atoms with Gasteiger partial charge in [0.2, 0.25) is 5.41 Å². The molecule has 11 heteroatoms. The molecule has 0 heterocycles. The number of halogens is 3. The molecular weight excluding hydrogens is 603 g/mol. The Labute approximate surface area is 265 Å². The molecule has 3 aromatic carbocycles. The molecule has 244 valence electrons. The number of hydrogen-bond acceptors (Lipinski definition) is 7. The molecule has 1 fully saturated rings. The molecule has 0 bridgehead atoms. The standard InChI is InChI=1S/C35H36F3NO7/c1-3-44-32(42)34(33(43)45-4-2,25-12-6-7-13-25)22-46-30(40)21-24-11-5-10-16-29(24)39-31(41)28-15-9-8-14-27(28)23-17-19-26(20-18-23)35(36,37)38/h5,8-11,14-20,25H,3-4,6-7,12-13,21-22H2,1-2H3,(H,39,41). The van der Waals surface area contributed by atoms with Crippen LogP contribution in [0.3, 0.4) is 0 Å². The summed E-state index contributed by atoms with van der Waals surface area (Å²) in [6.07, 6.45) is -1.99. The Morgan fingerprint density at radius 3 is 1.98 bits per heavy atom. The summed E-state index contributed by atoms with van der Waals surface area (Å²) in [7, 11) is 0. The van der Waals surface area contributed by atoms with Crippen LogP contribution < -0.4 is 5.32 Å². The second-order valence-electron chi connectivity index (χ2n) is 11.0. The van der Waals surface area contributed by atoms with E-state index in [9.17, 15) is 32.3 Å². The lowest BCUT2D eigenvalue weighted by atomic mass is 9.74. The molecule has 1 aliphatic rings. The molecule has 0 aliphatic heterocycles. The van der Waals surface area contributed by atoms with Gasteiger partial charge in [-0.15, -0.1) is 0 Å².